The van der Waals surface area contributed by atoms with Crippen LogP contribution < -0.4 is 0 Å². The van der Waals surface area contributed by atoms with Crippen molar-refractivity contribution in [3.63, 3.8) is 0 Å². The number of likely N-dealkylation sites (tertiary alicyclic amines) is 1. The molecule has 2 aromatic rings. The van der Waals surface area contributed by atoms with Crippen molar-refractivity contribution in [3.8, 4) is 11.3 Å². The highest BCUT2D eigenvalue weighted by atomic mass is 35.5. The molecule has 0 bridgehead atoms. The summed E-state index contributed by atoms with van der Waals surface area (Å²) < 4.78 is 16.3. The number of nitrogens with zero attached hydrogens (tertiary/aromatic N) is 3. The van der Waals surface area contributed by atoms with E-state index in [-0.39, 0.29) is 48.5 Å². The second kappa shape index (κ2) is 12.8. The highest BCUT2D eigenvalue weighted by Crippen LogP contribution is 2.31. The van der Waals surface area contributed by atoms with Crippen LogP contribution in [0.15, 0.2) is 28.8 Å². The Morgan fingerprint density at radius 3 is 2.62 bits per heavy atom. The maximum absolute atomic E-state index is 13.4. The molecular weight excluding hydrogens is 521 g/mol. The van der Waals surface area contributed by atoms with Gasteiger partial charge in [0.05, 0.1) is 23.7 Å². The molecular formula is C26H31Cl2N3O6. The summed E-state index contributed by atoms with van der Waals surface area (Å²) in [7, 11) is 0. The smallest absolute Gasteiger partial charge is 0.309 e. The Balaban J connectivity index is 1.39. The summed E-state index contributed by atoms with van der Waals surface area (Å²) in [6, 6.07) is 6.51. The number of hydrogen-bond donors (Lipinski definition) is 0. The molecule has 2 fully saturated rings. The topological polar surface area (TPSA) is 102 Å². The maximum atomic E-state index is 13.4. The molecule has 2 saturated heterocycles. The second-order valence-electron chi connectivity index (χ2n) is 9.24. The average molecular weight is 552 g/mol. The van der Waals surface area contributed by atoms with Crippen molar-refractivity contribution in [2.24, 2.45) is 5.92 Å². The minimum Gasteiger partial charge on any atom is -0.466 e. The number of halogens is 2. The minimum absolute atomic E-state index is 0.0544. The fraction of sp³-hybridized carbons (Fsp3) is 0.538. The van der Waals surface area contributed by atoms with Gasteiger partial charge in [-0.15, -0.1) is 0 Å². The SMILES string of the molecule is CCOC(=O)C1CCN(C(=O)CCN(C[C@H]2CCCO2)C(=O)c2cc(-c3ccc(Cl)cc3Cl)on2)CC1. The monoisotopic (exact) mass is 551 g/mol. The summed E-state index contributed by atoms with van der Waals surface area (Å²) in [6.45, 7) is 4.37. The molecule has 4 rings (SSSR count). The number of amides is 2. The van der Waals surface area contributed by atoms with Gasteiger partial charge in [0, 0.05) is 55.9 Å². The van der Waals surface area contributed by atoms with Crippen molar-refractivity contribution in [1.82, 2.24) is 15.0 Å². The highest BCUT2D eigenvalue weighted by Gasteiger charge is 2.30. The van der Waals surface area contributed by atoms with Gasteiger partial charge < -0.3 is 23.8 Å². The van der Waals surface area contributed by atoms with Crippen molar-refractivity contribution in [1.29, 1.82) is 0 Å². The van der Waals surface area contributed by atoms with Crippen LogP contribution in [0.4, 0.5) is 0 Å². The Morgan fingerprint density at radius 1 is 1.16 bits per heavy atom. The molecule has 9 nitrogen and oxygen atoms in total. The molecule has 0 spiro atoms. The van der Waals surface area contributed by atoms with E-state index in [0.29, 0.717) is 67.1 Å². The van der Waals surface area contributed by atoms with Crippen LogP contribution in [0, 0.1) is 5.92 Å². The van der Waals surface area contributed by atoms with E-state index >= 15 is 0 Å². The molecule has 1 aromatic heterocycles. The third-order valence-corrected chi connectivity index (χ3v) is 7.27. The highest BCUT2D eigenvalue weighted by molar-refractivity contribution is 6.36. The summed E-state index contributed by atoms with van der Waals surface area (Å²) >= 11 is 12.3. The first-order valence-corrected chi connectivity index (χ1v) is 13.4. The first-order valence-electron chi connectivity index (χ1n) is 12.6. The fourth-order valence-corrected chi connectivity index (χ4v) is 5.18. The Kier molecular flexibility index (Phi) is 9.45. The van der Waals surface area contributed by atoms with Crippen molar-refractivity contribution < 1.29 is 28.4 Å². The molecule has 0 N–H and O–H groups in total. The van der Waals surface area contributed by atoms with E-state index in [4.69, 9.17) is 37.2 Å². The van der Waals surface area contributed by atoms with E-state index < -0.39 is 0 Å². The van der Waals surface area contributed by atoms with Crippen LogP contribution in [0.3, 0.4) is 0 Å². The lowest BCUT2D eigenvalue weighted by Gasteiger charge is -2.32. The fourth-order valence-electron chi connectivity index (χ4n) is 4.68. The Hall–Kier alpha value is -2.62. The normalized spacial score (nSPS) is 18.1. The molecule has 2 aliphatic rings. The van der Waals surface area contributed by atoms with E-state index in [9.17, 15) is 14.4 Å². The zero-order valence-electron chi connectivity index (χ0n) is 20.8. The summed E-state index contributed by atoms with van der Waals surface area (Å²) in [5, 5.41) is 4.84. The molecule has 0 radical (unpaired) electrons. The van der Waals surface area contributed by atoms with Gasteiger partial charge in [0.15, 0.2) is 11.5 Å². The number of hydrogen-bond acceptors (Lipinski definition) is 7. The van der Waals surface area contributed by atoms with E-state index in [1.165, 1.54) is 0 Å². The number of ether oxygens (including phenoxy) is 2. The lowest BCUT2D eigenvalue weighted by Crippen LogP contribution is -2.43. The number of esters is 1. The summed E-state index contributed by atoms with van der Waals surface area (Å²) in [4.78, 5) is 41.7. The Morgan fingerprint density at radius 2 is 1.95 bits per heavy atom. The van der Waals surface area contributed by atoms with Crippen LogP contribution in [0.1, 0.15) is 49.5 Å². The van der Waals surface area contributed by atoms with Crippen LogP contribution >= 0.6 is 23.2 Å². The number of benzene rings is 1. The molecule has 11 heteroatoms. The van der Waals surface area contributed by atoms with E-state index in [1.807, 2.05) is 0 Å². The van der Waals surface area contributed by atoms with Gasteiger partial charge in [-0.3, -0.25) is 14.4 Å². The molecule has 1 aromatic carbocycles. The zero-order valence-corrected chi connectivity index (χ0v) is 22.3. The number of piperidine rings is 1. The average Bonchev–Trinajstić information content (AvgIpc) is 3.59. The molecule has 1 atom stereocenters. The van der Waals surface area contributed by atoms with Crippen LogP contribution in [0.2, 0.25) is 10.0 Å². The van der Waals surface area contributed by atoms with Gasteiger partial charge in [-0.25, -0.2) is 0 Å². The summed E-state index contributed by atoms with van der Waals surface area (Å²) in [5.74, 6) is -0.417. The predicted octanol–water partition coefficient (Wildman–Crippen LogP) is 4.46. The third kappa shape index (κ3) is 7.03. The molecule has 2 amide bonds. The van der Waals surface area contributed by atoms with Crippen molar-refractivity contribution in [2.75, 3.05) is 39.4 Å². The molecule has 37 heavy (non-hydrogen) atoms. The lowest BCUT2D eigenvalue weighted by molar-refractivity contribution is -0.151. The summed E-state index contributed by atoms with van der Waals surface area (Å²) in [5.41, 5.74) is 0.700. The van der Waals surface area contributed by atoms with E-state index in [0.717, 1.165) is 12.8 Å². The third-order valence-electron chi connectivity index (χ3n) is 6.72. The van der Waals surface area contributed by atoms with Gasteiger partial charge in [-0.1, -0.05) is 28.4 Å². The van der Waals surface area contributed by atoms with E-state index in [2.05, 4.69) is 5.16 Å². The Labute approximate surface area is 225 Å². The second-order valence-corrected chi connectivity index (χ2v) is 10.1. The van der Waals surface area contributed by atoms with Gasteiger partial charge in [-0.2, -0.15) is 0 Å². The van der Waals surface area contributed by atoms with Crippen LogP contribution in [-0.2, 0) is 19.1 Å². The Bertz CT molecular complexity index is 1110. The zero-order chi connectivity index (χ0) is 26.4. The standard InChI is InChI=1S/C26H31Cl2N3O6/c1-2-35-26(34)17-7-10-30(11-8-17)24(32)9-12-31(16-19-4-3-13-36-19)25(33)22-15-23(37-29-22)20-6-5-18(27)14-21(20)28/h5-6,14-15,17,19H,2-4,7-13,16H2,1H3/t19-/m1/s1. The summed E-state index contributed by atoms with van der Waals surface area (Å²) in [6.07, 6.45) is 3.02. The quantitative estimate of drug-likeness (QED) is 0.424. The molecule has 3 heterocycles. The first kappa shape index (κ1) is 27.4. The van der Waals surface area contributed by atoms with Crippen molar-refractivity contribution >= 4 is 41.0 Å². The van der Waals surface area contributed by atoms with Gasteiger partial charge in [0.1, 0.15) is 0 Å². The van der Waals surface area contributed by atoms with Gasteiger partial charge in [0.2, 0.25) is 5.91 Å². The molecule has 2 aliphatic heterocycles. The first-order chi connectivity index (χ1) is 17.9. The number of carbonyl (C=O) groups excluding carboxylic acids is 3. The van der Waals surface area contributed by atoms with Gasteiger partial charge in [0.25, 0.3) is 5.91 Å². The number of carbonyl (C=O) groups is 3. The molecule has 200 valence electrons. The molecule has 0 saturated carbocycles. The predicted molar refractivity (Wildman–Crippen MR) is 137 cm³/mol. The van der Waals surface area contributed by atoms with Crippen LogP contribution in [0.5, 0.6) is 0 Å². The van der Waals surface area contributed by atoms with Crippen molar-refractivity contribution in [2.45, 2.75) is 45.1 Å². The molecule has 0 unspecified atom stereocenters. The lowest BCUT2D eigenvalue weighted by atomic mass is 9.97. The van der Waals surface area contributed by atoms with Gasteiger partial charge in [-0.05, 0) is 50.8 Å². The van der Waals surface area contributed by atoms with Gasteiger partial charge >= 0.3 is 5.97 Å². The largest absolute Gasteiger partial charge is 0.466 e. The van der Waals surface area contributed by atoms with Crippen molar-refractivity contribution in [3.05, 3.63) is 40.0 Å². The minimum atomic E-state index is -0.343. The molecule has 0 aliphatic carbocycles. The maximum Gasteiger partial charge on any atom is 0.309 e. The van der Waals surface area contributed by atoms with E-state index in [1.54, 1.807) is 41.0 Å². The number of rotatable bonds is 9. The van der Waals surface area contributed by atoms with Crippen LogP contribution in [-0.4, -0.2) is 78.2 Å². The number of aromatic nitrogens is 1. The van der Waals surface area contributed by atoms with Crippen LogP contribution in [0.25, 0.3) is 11.3 Å².